The van der Waals surface area contributed by atoms with E-state index >= 15 is 0 Å². The molecule has 166 valence electrons. The number of anilines is 1. The molecule has 1 fully saturated rings. The Bertz CT molecular complexity index is 924. The first kappa shape index (κ1) is 22.7. The number of nitrogens with zero attached hydrogens (tertiary/aromatic N) is 1. The van der Waals surface area contributed by atoms with E-state index in [-0.39, 0.29) is 48.4 Å². The number of rotatable bonds is 8. The van der Waals surface area contributed by atoms with Crippen LogP contribution < -0.4 is 16.4 Å². The van der Waals surface area contributed by atoms with E-state index in [0.29, 0.717) is 30.8 Å². The van der Waals surface area contributed by atoms with Gasteiger partial charge in [-0.2, -0.15) is 0 Å². The number of benzene rings is 2. The lowest BCUT2D eigenvalue weighted by atomic mass is 10.0. The number of nitrogens with one attached hydrogen (secondary N) is 2. The van der Waals surface area contributed by atoms with Gasteiger partial charge in [-0.15, -0.1) is 0 Å². The molecule has 0 spiro atoms. The minimum atomic E-state index is -0.538. The van der Waals surface area contributed by atoms with Gasteiger partial charge in [0, 0.05) is 38.5 Å². The van der Waals surface area contributed by atoms with E-state index in [1.165, 1.54) is 19.1 Å². The fourth-order valence-corrected chi connectivity index (χ4v) is 4.00. The third-order valence-corrected chi connectivity index (χ3v) is 5.42. The second-order valence-electron chi connectivity index (χ2n) is 7.95. The first-order valence-electron chi connectivity index (χ1n) is 10.4. The Morgan fingerprint density at radius 3 is 2.48 bits per heavy atom. The van der Waals surface area contributed by atoms with Gasteiger partial charge in [-0.1, -0.05) is 30.3 Å². The molecular weight excluding hydrogens is 402 g/mol. The second-order valence-corrected chi connectivity index (χ2v) is 7.95. The summed E-state index contributed by atoms with van der Waals surface area (Å²) in [6.45, 7) is 2.13. The zero-order chi connectivity index (χ0) is 22.4. The number of carbonyl (C=O) groups is 2. The van der Waals surface area contributed by atoms with E-state index in [1.807, 2.05) is 0 Å². The fraction of sp³-hybridized carbons (Fsp3) is 0.391. The van der Waals surface area contributed by atoms with Crippen LogP contribution in [0.15, 0.2) is 48.5 Å². The summed E-state index contributed by atoms with van der Waals surface area (Å²) in [6.07, 6.45) is 0.853. The molecular formula is C23H28F2N4O2. The lowest BCUT2D eigenvalue weighted by Gasteiger charge is -2.26. The van der Waals surface area contributed by atoms with Gasteiger partial charge in [0.2, 0.25) is 11.8 Å². The van der Waals surface area contributed by atoms with Crippen LogP contribution in [0.4, 0.5) is 14.5 Å². The normalized spacial score (nSPS) is 19.2. The zero-order valence-electron chi connectivity index (χ0n) is 17.5. The van der Waals surface area contributed by atoms with Crippen molar-refractivity contribution in [3.8, 4) is 0 Å². The van der Waals surface area contributed by atoms with Crippen molar-refractivity contribution in [2.75, 3.05) is 18.4 Å². The zero-order valence-corrected chi connectivity index (χ0v) is 17.5. The maximum atomic E-state index is 13.9. The maximum Gasteiger partial charge on any atom is 0.224 e. The number of amides is 2. The quantitative estimate of drug-likeness (QED) is 0.600. The smallest absolute Gasteiger partial charge is 0.224 e. The van der Waals surface area contributed by atoms with Gasteiger partial charge in [-0.3, -0.25) is 9.59 Å². The van der Waals surface area contributed by atoms with Crippen molar-refractivity contribution < 1.29 is 18.4 Å². The first-order valence-corrected chi connectivity index (χ1v) is 10.4. The highest BCUT2D eigenvalue weighted by atomic mass is 19.1. The minimum Gasteiger partial charge on any atom is -0.381 e. The Balaban J connectivity index is 1.64. The lowest BCUT2D eigenvalue weighted by molar-refractivity contribution is -0.132. The SMILES string of the molecule is CC(=O)NC1CC(CNc2ccccc2F)N(C(=O)C[C@H](N)Cc2ccccc2F)C1. The molecule has 0 bridgehead atoms. The van der Waals surface area contributed by atoms with Crippen LogP contribution in [0.25, 0.3) is 0 Å². The first-order chi connectivity index (χ1) is 14.8. The number of nitrogens with two attached hydrogens (primary N) is 1. The summed E-state index contributed by atoms with van der Waals surface area (Å²) in [4.78, 5) is 26.1. The third-order valence-electron chi connectivity index (χ3n) is 5.42. The summed E-state index contributed by atoms with van der Waals surface area (Å²) in [6, 6.07) is 11.7. The fourth-order valence-electron chi connectivity index (χ4n) is 4.00. The standard InChI is InChI=1S/C23H28F2N4O2/c1-15(30)28-18-12-19(13-27-22-9-5-4-8-21(22)25)29(14-18)23(31)11-17(26)10-16-6-2-3-7-20(16)24/h2-9,17-19,27H,10-14,26H2,1H3,(H,28,30)/t17-,18?,19?/m1/s1. The Morgan fingerprint density at radius 1 is 1.13 bits per heavy atom. The molecule has 2 amide bonds. The number of hydrogen-bond donors (Lipinski definition) is 3. The Labute approximate surface area is 180 Å². The molecule has 1 saturated heterocycles. The molecule has 2 aromatic carbocycles. The van der Waals surface area contributed by atoms with Crippen LogP contribution in [0, 0.1) is 11.6 Å². The molecule has 6 nitrogen and oxygen atoms in total. The van der Waals surface area contributed by atoms with Crippen molar-refractivity contribution >= 4 is 17.5 Å². The average Bonchev–Trinajstić information content (AvgIpc) is 3.11. The van der Waals surface area contributed by atoms with Gasteiger partial charge in [-0.05, 0) is 36.6 Å². The molecule has 2 unspecified atom stereocenters. The molecule has 0 aromatic heterocycles. The van der Waals surface area contributed by atoms with Crippen molar-refractivity contribution in [1.82, 2.24) is 10.2 Å². The monoisotopic (exact) mass is 430 g/mol. The molecule has 0 saturated carbocycles. The molecule has 8 heteroatoms. The van der Waals surface area contributed by atoms with E-state index in [2.05, 4.69) is 10.6 Å². The molecule has 1 heterocycles. The van der Waals surface area contributed by atoms with E-state index < -0.39 is 6.04 Å². The van der Waals surface area contributed by atoms with Crippen molar-refractivity contribution in [2.24, 2.45) is 5.73 Å². The van der Waals surface area contributed by atoms with Crippen LogP contribution in [-0.2, 0) is 16.0 Å². The predicted molar refractivity (Wildman–Crippen MR) is 115 cm³/mol. The molecule has 4 N–H and O–H groups in total. The number of halogens is 2. The molecule has 0 aliphatic carbocycles. The van der Waals surface area contributed by atoms with Crippen LogP contribution in [0.2, 0.25) is 0 Å². The van der Waals surface area contributed by atoms with Crippen LogP contribution in [0.1, 0.15) is 25.3 Å². The summed E-state index contributed by atoms with van der Waals surface area (Å²) in [5.41, 5.74) is 6.97. The van der Waals surface area contributed by atoms with Crippen LogP contribution in [0.3, 0.4) is 0 Å². The largest absolute Gasteiger partial charge is 0.381 e. The summed E-state index contributed by atoms with van der Waals surface area (Å²) < 4.78 is 27.8. The van der Waals surface area contributed by atoms with Gasteiger partial charge in [0.05, 0.1) is 11.7 Å². The van der Waals surface area contributed by atoms with E-state index in [9.17, 15) is 18.4 Å². The highest BCUT2D eigenvalue weighted by Crippen LogP contribution is 2.22. The number of likely N-dealkylation sites (tertiary alicyclic amines) is 1. The highest BCUT2D eigenvalue weighted by molar-refractivity contribution is 5.78. The predicted octanol–water partition coefficient (Wildman–Crippen LogP) is 2.44. The summed E-state index contributed by atoms with van der Waals surface area (Å²) in [5.74, 6) is -1.05. The second kappa shape index (κ2) is 10.3. The van der Waals surface area contributed by atoms with Gasteiger partial charge in [0.15, 0.2) is 0 Å². The van der Waals surface area contributed by atoms with Crippen LogP contribution in [0.5, 0.6) is 0 Å². The van der Waals surface area contributed by atoms with Crippen molar-refractivity contribution in [3.05, 3.63) is 65.7 Å². The van der Waals surface area contributed by atoms with Gasteiger partial charge < -0.3 is 21.3 Å². The van der Waals surface area contributed by atoms with Gasteiger partial charge >= 0.3 is 0 Å². The number of hydrogen-bond acceptors (Lipinski definition) is 4. The third kappa shape index (κ3) is 6.24. The lowest BCUT2D eigenvalue weighted by Crippen LogP contribution is -2.43. The Hall–Kier alpha value is -3.00. The van der Waals surface area contributed by atoms with Crippen molar-refractivity contribution in [1.29, 1.82) is 0 Å². The molecule has 31 heavy (non-hydrogen) atoms. The highest BCUT2D eigenvalue weighted by Gasteiger charge is 2.35. The van der Waals surface area contributed by atoms with Crippen LogP contribution >= 0.6 is 0 Å². The topological polar surface area (TPSA) is 87.5 Å². The van der Waals surface area contributed by atoms with Gasteiger partial charge in [0.1, 0.15) is 11.6 Å². The van der Waals surface area contributed by atoms with E-state index in [1.54, 1.807) is 41.3 Å². The maximum absolute atomic E-state index is 13.9. The molecule has 3 atom stereocenters. The summed E-state index contributed by atoms with van der Waals surface area (Å²) >= 11 is 0. The van der Waals surface area contributed by atoms with Gasteiger partial charge in [0.25, 0.3) is 0 Å². The van der Waals surface area contributed by atoms with E-state index in [0.717, 1.165) is 0 Å². The minimum absolute atomic E-state index is 0.0529. The number of para-hydroxylation sites is 1. The van der Waals surface area contributed by atoms with E-state index in [4.69, 9.17) is 5.73 Å². The molecule has 1 aliphatic rings. The van der Waals surface area contributed by atoms with Crippen molar-refractivity contribution in [2.45, 2.75) is 44.3 Å². The Kier molecular flexibility index (Phi) is 7.57. The molecule has 2 aromatic rings. The van der Waals surface area contributed by atoms with Gasteiger partial charge in [-0.25, -0.2) is 8.78 Å². The van der Waals surface area contributed by atoms with Crippen LogP contribution in [-0.4, -0.2) is 47.9 Å². The Morgan fingerprint density at radius 2 is 1.81 bits per heavy atom. The summed E-state index contributed by atoms with van der Waals surface area (Å²) in [5, 5.41) is 5.90. The molecule has 0 radical (unpaired) electrons. The molecule has 3 rings (SSSR count). The van der Waals surface area contributed by atoms with Crippen molar-refractivity contribution in [3.63, 3.8) is 0 Å². The molecule has 1 aliphatic heterocycles. The average molecular weight is 430 g/mol. The number of carbonyl (C=O) groups excluding carboxylic acids is 2. The summed E-state index contributed by atoms with van der Waals surface area (Å²) in [7, 11) is 0.